The number of nitrogens with zero attached hydrogens (tertiary/aromatic N) is 1. The van der Waals surface area contributed by atoms with E-state index in [1.807, 2.05) is 4.90 Å². The van der Waals surface area contributed by atoms with Crippen LogP contribution < -0.4 is 5.32 Å². The molecule has 4 nitrogen and oxygen atoms in total. The van der Waals surface area contributed by atoms with Crippen molar-refractivity contribution in [1.29, 1.82) is 0 Å². The van der Waals surface area contributed by atoms with Crippen LogP contribution in [0.25, 0.3) is 0 Å². The molecule has 2 rings (SSSR count). The lowest BCUT2D eigenvalue weighted by molar-refractivity contribution is 0.0766. The lowest BCUT2D eigenvalue weighted by Gasteiger charge is -2.19. The fourth-order valence-corrected chi connectivity index (χ4v) is 1.84. The summed E-state index contributed by atoms with van der Waals surface area (Å²) in [5.41, 5.74) is 0.639. The molecule has 1 aliphatic heterocycles. The van der Waals surface area contributed by atoms with Gasteiger partial charge in [0.25, 0.3) is 5.91 Å². The highest BCUT2D eigenvalue weighted by atomic mass is 16.3. The predicted molar refractivity (Wildman–Crippen MR) is 61.5 cm³/mol. The van der Waals surface area contributed by atoms with Gasteiger partial charge in [0.1, 0.15) is 5.75 Å². The molecular formula is C12H16N2O2. The number of carbonyl (C=O) groups is 1. The first-order valence-electron chi connectivity index (χ1n) is 5.56. The number of nitrogens with one attached hydrogen (secondary N) is 1. The summed E-state index contributed by atoms with van der Waals surface area (Å²) in [7, 11) is 0. The van der Waals surface area contributed by atoms with Crippen LogP contribution in [0, 0.1) is 0 Å². The molecule has 0 radical (unpaired) electrons. The van der Waals surface area contributed by atoms with Crippen molar-refractivity contribution in [2.75, 3.05) is 26.2 Å². The molecule has 4 heteroatoms. The zero-order chi connectivity index (χ0) is 11.4. The second-order valence-electron chi connectivity index (χ2n) is 3.94. The summed E-state index contributed by atoms with van der Waals surface area (Å²) in [6, 6.07) is 6.42. The molecule has 0 unspecified atom stereocenters. The standard InChI is InChI=1S/C12H16N2O2/c15-11-4-2-10(3-5-11)12(16)14-8-1-6-13-7-9-14/h2-5,13,15H,1,6-9H2. The Hall–Kier alpha value is -1.55. The monoisotopic (exact) mass is 220 g/mol. The van der Waals surface area contributed by atoms with Gasteiger partial charge in [0, 0.05) is 25.2 Å². The third kappa shape index (κ3) is 2.52. The summed E-state index contributed by atoms with van der Waals surface area (Å²) < 4.78 is 0. The molecule has 1 aliphatic rings. The summed E-state index contributed by atoms with van der Waals surface area (Å²) in [5.74, 6) is 0.234. The normalized spacial score (nSPS) is 16.9. The van der Waals surface area contributed by atoms with Crippen molar-refractivity contribution in [3.63, 3.8) is 0 Å². The van der Waals surface area contributed by atoms with Crippen LogP contribution >= 0.6 is 0 Å². The third-order valence-corrected chi connectivity index (χ3v) is 2.74. The average molecular weight is 220 g/mol. The Morgan fingerprint density at radius 3 is 2.69 bits per heavy atom. The maximum Gasteiger partial charge on any atom is 0.253 e. The van der Waals surface area contributed by atoms with Crippen LogP contribution in [-0.4, -0.2) is 42.1 Å². The maximum absolute atomic E-state index is 12.1. The molecule has 1 amide bonds. The van der Waals surface area contributed by atoms with Crippen molar-refractivity contribution in [2.24, 2.45) is 0 Å². The minimum atomic E-state index is 0.0451. The van der Waals surface area contributed by atoms with Crippen molar-refractivity contribution in [3.8, 4) is 5.75 Å². The Morgan fingerprint density at radius 1 is 1.19 bits per heavy atom. The van der Waals surface area contributed by atoms with Crippen molar-refractivity contribution in [2.45, 2.75) is 6.42 Å². The lowest BCUT2D eigenvalue weighted by atomic mass is 10.2. The number of phenols is 1. The number of amides is 1. The number of aromatic hydroxyl groups is 1. The van der Waals surface area contributed by atoms with E-state index in [2.05, 4.69) is 5.32 Å². The van der Waals surface area contributed by atoms with Gasteiger partial charge in [-0.25, -0.2) is 0 Å². The van der Waals surface area contributed by atoms with Gasteiger partial charge in [-0.1, -0.05) is 0 Å². The molecule has 0 saturated carbocycles. The molecule has 0 spiro atoms. The molecule has 86 valence electrons. The molecule has 1 heterocycles. The van der Waals surface area contributed by atoms with E-state index in [0.717, 1.165) is 32.6 Å². The highest BCUT2D eigenvalue weighted by Gasteiger charge is 2.16. The molecule has 2 N–H and O–H groups in total. The topological polar surface area (TPSA) is 52.6 Å². The van der Waals surface area contributed by atoms with Crippen molar-refractivity contribution in [3.05, 3.63) is 29.8 Å². The number of rotatable bonds is 1. The van der Waals surface area contributed by atoms with Crippen molar-refractivity contribution >= 4 is 5.91 Å². The molecule has 1 saturated heterocycles. The van der Waals surface area contributed by atoms with E-state index in [9.17, 15) is 4.79 Å². The highest BCUT2D eigenvalue weighted by Crippen LogP contribution is 2.12. The van der Waals surface area contributed by atoms with Gasteiger partial charge in [0.05, 0.1) is 0 Å². The van der Waals surface area contributed by atoms with Crippen LogP contribution in [0.4, 0.5) is 0 Å². The minimum absolute atomic E-state index is 0.0451. The summed E-state index contributed by atoms with van der Waals surface area (Å²) in [6.07, 6.45) is 0.990. The van der Waals surface area contributed by atoms with E-state index in [4.69, 9.17) is 5.11 Å². The lowest BCUT2D eigenvalue weighted by Crippen LogP contribution is -2.34. The smallest absolute Gasteiger partial charge is 0.253 e. The molecule has 0 aliphatic carbocycles. The van der Waals surface area contributed by atoms with Crippen molar-refractivity contribution < 1.29 is 9.90 Å². The first-order valence-corrected chi connectivity index (χ1v) is 5.56. The molecule has 16 heavy (non-hydrogen) atoms. The first kappa shape index (κ1) is 11.0. The Morgan fingerprint density at radius 2 is 1.94 bits per heavy atom. The first-order chi connectivity index (χ1) is 7.77. The molecule has 1 aromatic carbocycles. The SMILES string of the molecule is O=C(c1ccc(O)cc1)N1CCCNCC1. The Balaban J connectivity index is 2.08. The molecule has 0 bridgehead atoms. The van der Waals surface area contributed by atoms with E-state index >= 15 is 0 Å². The second kappa shape index (κ2) is 4.99. The number of phenolic OH excluding ortho intramolecular Hbond substituents is 1. The van der Waals surface area contributed by atoms with Gasteiger partial charge in [-0.05, 0) is 37.2 Å². The van der Waals surface area contributed by atoms with Gasteiger partial charge >= 0.3 is 0 Å². The molecule has 1 aromatic rings. The Kier molecular flexibility index (Phi) is 3.41. The van der Waals surface area contributed by atoms with E-state index in [0.29, 0.717) is 5.56 Å². The number of hydrogen-bond acceptors (Lipinski definition) is 3. The molecule has 0 atom stereocenters. The fourth-order valence-electron chi connectivity index (χ4n) is 1.84. The molecular weight excluding hydrogens is 204 g/mol. The summed E-state index contributed by atoms with van der Waals surface area (Å²) in [4.78, 5) is 13.9. The van der Waals surface area contributed by atoms with Crippen LogP contribution in [0.15, 0.2) is 24.3 Å². The molecule has 1 fully saturated rings. The quantitative estimate of drug-likeness (QED) is 0.737. The van der Waals surface area contributed by atoms with Crippen LogP contribution in [0.5, 0.6) is 5.75 Å². The van der Waals surface area contributed by atoms with E-state index in [-0.39, 0.29) is 11.7 Å². The van der Waals surface area contributed by atoms with Crippen LogP contribution in [0.1, 0.15) is 16.8 Å². The van der Waals surface area contributed by atoms with Gasteiger partial charge in [0.2, 0.25) is 0 Å². The van der Waals surface area contributed by atoms with E-state index < -0.39 is 0 Å². The molecule has 0 aromatic heterocycles. The maximum atomic E-state index is 12.1. The average Bonchev–Trinajstić information content (AvgIpc) is 2.57. The Labute approximate surface area is 94.9 Å². The number of hydrogen-bond donors (Lipinski definition) is 2. The van der Waals surface area contributed by atoms with Crippen molar-refractivity contribution in [1.82, 2.24) is 10.2 Å². The van der Waals surface area contributed by atoms with Crippen LogP contribution in [-0.2, 0) is 0 Å². The summed E-state index contributed by atoms with van der Waals surface area (Å²) in [6.45, 7) is 3.37. The fraction of sp³-hybridized carbons (Fsp3) is 0.417. The van der Waals surface area contributed by atoms with Gasteiger partial charge < -0.3 is 15.3 Å². The Bertz CT molecular complexity index is 354. The largest absolute Gasteiger partial charge is 0.508 e. The van der Waals surface area contributed by atoms with Crippen LogP contribution in [0.3, 0.4) is 0 Å². The van der Waals surface area contributed by atoms with E-state index in [1.165, 1.54) is 0 Å². The van der Waals surface area contributed by atoms with Gasteiger partial charge in [-0.3, -0.25) is 4.79 Å². The summed E-state index contributed by atoms with van der Waals surface area (Å²) >= 11 is 0. The van der Waals surface area contributed by atoms with Gasteiger partial charge in [-0.2, -0.15) is 0 Å². The highest BCUT2D eigenvalue weighted by molar-refractivity contribution is 5.94. The number of benzene rings is 1. The predicted octanol–water partition coefficient (Wildman–Crippen LogP) is 0.828. The minimum Gasteiger partial charge on any atom is -0.508 e. The second-order valence-corrected chi connectivity index (χ2v) is 3.94. The van der Waals surface area contributed by atoms with E-state index in [1.54, 1.807) is 24.3 Å². The summed E-state index contributed by atoms with van der Waals surface area (Å²) in [5, 5.41) is 12.4. The third-order valence-electron chi connectivity index (χ3n) is 2.74. The number of carbonyl (C=O) groups excluding carboxylic acids is 1. The zero-order valence-electron chi connectivity index (χ0n) is 9.15. The van der Waals surface area contributed by atoms with Gasteiger partial charge in [-0.15, -0.1) is 0 Å². The zero-order valence-corrected chi connectivity index (χ0v) is 9.15. The van der Waals surface area contributed by atoms with Gasteiger partial charge in [0.15, 0.2) is 0 Å². The van der Waals surface area contributed by atoms with Crippen LogP contribution in [0.2, 0.25) is 0 Å².